The van der Waals surface area contributed by atoms with Crippen LogP contribution < -0.4 is 9.80 Å². The molecule has 0 saturated carbocycles. The number of anilines is 2. The predicted molar refractivity (Wildman–Crippen MR) is 190 cm³/mol. The van der Waals surface area contributed by atoms with Crippen LogP contribution in [0.1, 0.15) is 51.8 Å². The third-order valence-electron chi connectivity index (χ3n) is 7.99. The SMILES string of the molecule is O=C(c1ccccc1)N(C(=O)c1ccccc1)c1nnc(N(C(=O)c2ccccc2)C(=O)c2ccccc2)c2c1ncn2C(=O)c1ccccc1. The highest BCUT2D eigenvalue weighted by molar-refractivity contribution is 6.30. The van der Waals surface area contributed by atoms with E-state index in [1.165, 1.54) is 30.6 Å². The minimum absolute atomic E-state index is 0.130. The molecule has 4 amide bonds. The zero-order valence-electron chi connectivity index (χ0n) is 26.7. The number of hydrogen-bond acceptors (Lipinski definition) is 8. The van der Waals surface area contributed by atoms with Crippen molar-refractivity contribution in [2.45, 2.75) is 0 Å². The lowest BCUT2D eigenvalue weighted by Gasteiger charge is -2.24. The number of carbonyl (C=O) groups is 5. The zero-order valence-corrected chi connectivity index (χ0v) is 26.7. The lowest BCUT2D eigenvalue weighted by Crippen LogP contribution is -2.40. The molecule has 2 heterocycles. The number of fused-ring (bicyclic) bond motifs is 1. The molecule has 51 heavy (non-hydrogen) atoms. The second-order valence-corrected chi connectivity index (χ2v) is 11.2. The number of benzene rings is 5. The Labute approximate surface area is 291 Å². The first kappa shape index (κ1) is 32.2. The van der Waals surface area contributed by atoms with E-state index in [4.69, 9.17) is 0 Å². The van der Waals surface area contributed by atoms with Crippen molar-refractivity contribution in [3.63, 3.8) is 0 Å². The first-order chi connectivity index (χ1) is 24.9. The zero-order chi connectivity index (χ0) is 35.3. The Morgan fingerprint density at radius 1 is 0.412 bits per heavy atom. The van der Waals surface area contributed by atoms with Crippen LogP contribution in [0.3, 0.4) is 0 Å². The number of imide groups is 2. The van der Waals surface area contributed by atoms with Crippen LogP contribution in [0.5, 0.6) is 0 Å². The Bertz CT molecular complexity index is 2300. The average molecular weight is 671 g/mol. The van der Waals surface area contributed by atoms with Crippen molar-refractivity contribution in [1.29, 1.82) is 0 Å². The van der Waals surface area contributed by atoms with Gasteiger partial charge in [-0.05, 0) is 60.7 Å². The van der Waals surface area contributed by atoms with Gasteiger partial charge in [-0.2, -0.15) is 0 Å². The molecule has 0 aliphatic rings. The van der Waals surface area contributed by atoms with Gasteiger partial charge in [0.15, 0.2) is 11.6 Å². The van der Waals surface area contributed by atoms with Crippen molar-refractivity contribution >= 4 is 52.2 Å². The van der Waals surface area contributed by atoms with Crippen molar-refractivity contribution in [3.8, 4) is 0 Å². The van der Waals surface area contributed by atoms with Crippen molar-refractivity contribution in [2.24, 2.45) is 0 Å². The molecule has 0 saturated heterocycles. The molecule has 5 aromatic carbocycles. The Hall–Kier alpha value is -7.40. The molecule has 7 rings (SSSR count). The minimum Gasteiger partial charge on any atom is -0.268 e. The smallest absolute Gasteiger partial charge is 0.266 e. The molecule has 246 valence electrons. The highest BCUT2D eigenvalue weighted by Crippen LogP contribution is 2.33. The van der Waals surface area contributed by atoms with Crippen LogP contribution in [-0.4, -0.2) is 49.3 Å². The van der Waals surface area contributed by atoms with E-state index in [0.717, 1.165) is 14.4 Å². The van der Waals surface area contributed by atoms with Gasteiger partial charge in [-0.15, -0.1) is 10.2 Å². The topological polar surface area (TPSA) is 135 Å². The second kappa shape index (κ2) is 14.0. The predicted octanol–water partition coefficient (Wildman–Crippen LogP) is 6.49. The number of nitrogens with zero attached hydrogens (tertiary/aromatic N) is 6. The summed E-state index contributed by atoms with van der Waals surface area (Å²) in [6.07, 6.45) is 1.19. The molecule has 0 aliphatic heterocycles. The molecule has 0 unspecified atom stereocenters. The summed E-state index contributed by atoms with van der Waals surface area (Å²) >= 11 is 0. The number of hydrogen-bond donors (Lipinski definition) is 0. The van der Waals surface area contributed by atoms with Gasteiger partial charge in [0.05, 0.1) is 0 Å². The maximum atomic E-state index is 14.3. The first-order valence-corrected chi connectivity index (χ1v) is 15.8. The first-order valence-electron chi connectivity index (χ1n) is 15.8. The second-order valence-electron chi connectivity index (χ2n) is 11.2. The van der Waals surface area contributed by atoms with Crippen molar-refractivity contribution < 1.29 is 24.0 Å². The fourth-order valence-corrected chi connectivity index (χ4v) is 5.50. The molecule has 2 aromatic heterocycles. The molecule has 0 fully saturated rings. The third-order valence-corrected chi connectivity index (χ3v) is 7.99. The molecule has 11 heteroatoms. The normalized spacial score (nSPS) is 10.7. The van der Waals surface area contributed by atoms with Crippen molar-refractivity contribution in [1.82, 2.24) is 19.7 Å². The summed E-state index contributed by atoms with van der Waals surface area (Å²) in [6, 6.07) is 40.7. The van der Waals surface area contributed by atoms with E-state index in [1.54, 1.807) is 127 Å². The van der Waals surface area contributed by atoms with Gasteiger partial charge >= 0.3 is 0 Å². The average Bonchev–Trinajstić information content (AvgIpc) is 3.65. The maximum Gasteiger partial charge on any atom is 0.266 e. The molecule has 0 spiro atoms. The Morgan fingerprint density at radius 2 is 0.725 bits per heavy atom. The summed E-state index contributed by atoms with van der Waals surface area (Å²) in [7, 11) is 0. The van der Waals surface area contributed by atoms with E-state index in [1.807, 2.05) is 0 Å². The van der Waals surface area contributed by atoms with Crippen LogP contribution in [0.4, 0.5) is 11.6 Å². The van der Waals surface area contributed by atoms with Crippen LogP contribution in [0, 0.1) is 0 Å². The molecule has 0 N–H and O–H groups in total. The van der Waals surface area contributed by atoms with E-state index < -0.39 is 29.5 Å². The van der Waals surface area contributed by atoms with Gasteiger partial charge < -0.3 is 0 Å². The van der Waals surface area contributed by atoms with E-state index in [9.17, 15) is 24.0 Å². The summed E-state index contributed by atoms with van der Waals surface area (Å²) in [5.41, 5.74) is 0.636. The summed E-state index contributed by atoms with van der Waals surface area (Å²) < 4.78 is 1.12. The summed E-state index contributed by atoms with van der Waals surface area (Å²) in [4.78, 5) is 77.2. The van der Waals surface area contributed by atoms with Crippen molar-refractivity contribution in [2.75, 3.05) is 9.80 Å². The van der Waals surface area contributed by atoms with Gasteiger partial charge in [0, 0.05) is 27.8 Å². The molecule has 11 nitrogen and oxygen atoms in total. The molecule has 0 bridgehead atoms. The molecule has 0 atom stereocenters. The monoisotopic (exact) mass is 670 g/mol. The molecule has 7 aromatic rings. The van der Waals surface area contributed by atoms with Gasteiger partial charge in [0.2, 0.25) is 0 Å². The fraction of sp³-hybridized carbons (Fsp3) is 0. The van der Waals surface area contributed by atoms with Crippen LogP contribution in [0.2, 0.25) is 0 Å². The fourth-order valence-electron chi connectivity index (χ4n) is 5.50. The Morgan fingerprint density at radius 3 is 1.10 bits per heavy atom. The molecule has 0 aliphatic carbocycles. The van der Waals surface area contributed by atoms with Crippen LogP contribution >= 0.6 is 0 Å². The minimum atomic E-state index is -0.759. The van der Waals surface area contributed by atoms with Crippen LogP contribution in [0.25, 0.3) is 11.0 Å². The van der Waals surface area contributed by atoms with E-state index in [0.29, 0.717) is 0 Å². The summed E-state index contributed by atoms with van der Waals surface area (Å²) in [5.74, 6) is -4.22. The molecular weight excluding hydrogens is 644 g/mol. The van der Waals surface area contributed by atoms with Gasteiger partial charge in [-0.1, -0.05) is 91.0 Å². The quantitative estimate of drug-likeness (QED) is 0.176. The lowest BCUT2D eigenvalue weighted by molar-refractivity contribution is 0.0879. The van der Waals surface area contributed by atoms with Gasteiger partial charge in [0.25, 0.3) is 29.5 Å². The van der Waals surface area contributed by atoms with E-state index >= 15 is 0 Å². The highest BCUT2D eigenvalue weighted by atomic mass is 16.2. The Balaban J connectivity index is 1.51. The van der Waals surface area contributed by atoms with Crippen molar-refractivity contribution in [3.05, 3.63) is 186 Å². The largest absolute Gasteiger partial charge is 0.268 e. The van der Waals surface area contributed by atoms with Gasteiger partial charge in [0.1, 0.15) is 17.4 Å². The number of carbonyl (C=O) groups excluding carboxylic acids is 5. The van der Waals surface area contributed by atoms with Crippen LogP contribution in [0.15, 0.2) is 158 Å². The maximum absolute atomic E-state index is 14.3. The third kappa shape index (κ3) is 6.18. The molecular formula is C40H26N6O5. The Kier molecular flexibility index (Phi) is 8.82. The summed E-state index contributed by atoms with van der Waals surface area (Å²) in [6.45, 7) is 0. The summed E-state index contributed by atoms with van der Waals surface area (Å²) in [5, 5.41) is 8.68. The number of aromatic nitrogens is 4. The number of rotatable bonds is 7. The molecule has 0 radical (unpaired) electrons. The highest BCUT2D eigenvalue weighted by Gasteiger charge is 2.36. The van der Waals surface area contributed by atoms with E-state index in [2.05, 4.69) is 15.2 Å². The standard InChI is InChI=1S/C40H26N6O5/c47-36(27-16-6-1-7-17-27)44-26-41-32-33(44)35(46(39(50)30-22-12-4-13-23-30)40(51)31-24-14-5-15-25-31)43-42-34(32)45(37(48)28-18-8-2-9-19-28)38(49)29-20-10-3-11-21-29/h1-26H. The van der Waals surface area contributed by atoms with Gasteiger partial charge in [-0.3, -0.25) is 28.5 Å². The lowest BCUT2D eigenvalue weighted by atomic mass is 10.1. The number of imidazole rings is 1. The van der Waals surface area contributed by atoms with Gasteiger partial charge in [-0.25, -0.2) is 14.8 Å². The van der Waals surface area contributed by atoms with Crippen LogP contribution in [-0.2, 0) is 0 Å². The van der Waals surface area contributed by atoms with E-state index in [-0.39, 0.29) is 50.5 Å². The number of amides is 4.